The van der Waals surface area contributed by atoms with Crippen LogP contribution in [-0.4, -0.2) is 54.1 Å². The van der Waals surface area contributed by atoms with E-state index < -0.39 is 9.84 Å². The Labute approximate surface area is 149 Å². The highest BCUT2D eigenvalue weighted by atomic mass is 32.2. The van der Waals surface area contributed by atoms with Crippen LogP contribution in [0.4, 0.5) is 0 Å². The molecule has 0 spiro atoms. The van der Waals surface area contributed by atoms with E-state index in [-0.39, 0.29) is 11.8 Å². The van der Waals surface area contributed by atoms with Gasteiger partial charge < -0.3 is 9.30 Å². The van der Waals surface area contributed by atoms with Crippen molar-refractivity contribution in [2.24, 2.45) is 0 Å². The molecule has 0 radical (unpaired) electrons. The number of nitrogens with zero attached hydrogens (tertiary/aromatic N) is 3. The minimum Gasteiger partial charge on any atom is -0.494 e. The maximum absolute atomic E-state index is 11.6. The van der Waals surface area contributed by atoms with Gasteiger partial charge in [-0.25, -0.2) is 13.4 Å². The number of imidazole rings is 1. The summed E-state index contributed by atoms with van der Waals surface area (Å²) in [5, 5.41) is 0. The molecule has 2 aromatic rings. The van der Waals surface area contributed by atoms with Gasteiger partial charge in [0.05, 0.1) is 24.4 Å². The van der Waals surface area contributed by atoms with Crippen LogP contribution in [0.3, 0.4) is 0 Å². The van der Waals surface area contributed by atoms with Crippen LogP contribution < -0.4 is 4.74 Å². The van der Waals surface area contributed by atoms with E-state index in [4.69, 9.17) is 4.74 Å². The van der Waals surface area contributed by atoms with Crippen molar-refractivity contribution in [2.75, 3.05) is 25.2 Å². The molecule has 3 rings (SSSR count). The number of rotatable bonds is 8. The molecule has 1 atom stereocenters. The first kappa shape index (κ1) is 17.9. The van der Waals surface area contributed by atoms with Gasteiger partial charge in [-0.2, -0.15) is 0 Å². The lowest BCUT2D eigenvalue weighted by Crippen LogP contribution is -2.32. The van der Waals surface area contributed by atoms with Gasteiger partial charge >= 0.3 is 0 Å². The molecule has 0 amide bonds. The van der Waals surface area contributed by atoms with Crippen LogP contribution in [0.15, 0.2) is 43.0 Å². The quantitative estimate of drug-likeness (QED) is 0.671. The fraction of sp³-hybridized carbons (Fsp3) is 0.500. The van der Waals surface area contributed by atoms with Crippen molar-refractivity contribution in [2.45, 2.75) is 32.0 Å². The molecule has 1 saturated heterocycles. The lowest BCUT2D eigenvalue weighted by molar-refractivity contribution is 0.253. The molecule has 1 aliphatic heterocycles. The summed E-state index contributed by atoms with van der Waals surface area (Å²) in [5.74, 6) is 1.45. The lowest BCUT2D eigenvalue weighted by Gasteiger charge is -2.23. The summed E-state index contributed by atoms with van der Waals surface area (Å²) in [4.78, 5) is 6.14. The second kappa shape index (κ2) is 8.01. The van der Waals surface area contributed by atoms with Crippen LogP contribution >= 0.6 is 0 Å². The fourth-order valence-corrected chi connectivity index (χ4v) is 4.89. The molecule has 6 nitrogen and oxygen atoms in total. The van der Waals surface area contributed by atoms with Crippen LogP contribution in [0.5, 0.6) is 5.75 Å². The first-order valence-corrected chi connectivity index (χ1v) is 10.4. The summed E-state index contributed by atoms with van der Waals surface area (Å²) in [6.07, 6.45) is 7.19. The number of aromatic nitrogens is 2. The normalized spacial score (nSPS) is 19.4. The molecule has 7 heteroatoms. The second-order valence-corrected chi connectivity index (χ2v) is 8.85. The SMILES string of the molecule is CN(Cc1ccc(OCCCn2ccnc2)cc1)C1CCS(=O)(=O)C1. The van der Waals surface area contributed by atoms with Crippen molar-refractivity contribution in [1.82, 2.24) is 14.5 Å². The second-order valence-electron chi connectivity index (χ2n) is 6.62. The molecule has 0 bridgehead atoms. The average Bonchev–Trinajstić information content (AvgIpc) is 3.22. The van der Waals surface area contributed by atoms with Gasteiger partial charge in [0.1, 0.15) is 5.75 Å². The Bertz CT molecular complexity index is 757. The van der Waals surface area contributed by atoms with Gasteiger partial charge in [0.2, 0.25) is 0 Å². The highest BCUT2D eigenvalue weighted by Crippen LogP contribution is 2.19. The van der Waals surface area contributed by atoms with E-state index in [1.165, 1.54) is 0 Å². The molecular weight excluding hydrogens is 338 g/mol. The summed E-state index contributed by atoms with van der Waals surface area (Å²) in [6.45, 7) is 2.31. The molecule has 1 aromatic carbocycles. The maximum Gasteiger partial charge on any atom is 0.151 e. The maximum atomic E-state index is 11.6. The van der Waals surface area contributed by atoms with Gasteiger partial charge in [-0.05, 0) is 37.6 Å². The van der Waals surface area contributed by atoms with Crippen LogP contribution in [0.25, 0.3) is 0 Å². The Hall–Kier alpha value is -1.86. The van der Waals surface area contributed by atoms with E-state index in [1.807, 2.05) is 42.1 Å². The van der Waals surface area contributed by atoms with Crippen molar-refractivity contribution in [3.8, 4) is 5.75 Å². The Morgan fingerprint density at radius 1 is 1.32 bits per heavy atom. The smallest absolute Gasteiger partial charge is 0.151 e. The zero-order chi connectivity index (χ0) is 17.7. The van der Waals surface area contributed by atoms with Crippen molar-refractivity contribution in [3.63, 3.8) is 0 Å². The highest BCUT2D eigenvalue weighted by molar-refractivity contribution is 7.91. The van der Waals surface area contributed by atoms with Crippen molar-refractivity contribution in [3.05, 3.63) is 48.5 Å². The van der Waals surface area contributed by atoms with Crippen LogP contribution in [0.1, 0.15) is 18.4 Å². The number of sulfone groups is 1. The van der Waals surface area contributed by atoms with E-state index in [1.54, 1.807) is 12.5 Å². The fourth-order valence-electron chi connectivity index (χ4n) is 3.09. The number of ether oxygens (including phenoxy) is 1. The monoisotopic (exact) mass is 363 g/mol. The van der Waals surface area contributed by atoms with Crippen molar-refractivity contribution < 1.29 is 13.2 Å². The topological polar surface area (TPSA) is 64.4 Å². The summed E-state index contributed by atoms with van der Waals surface area (Å²) >= 11 is 0. The van der Waals surface area contributed by atoms with Crippen LogP contribution in [0, 0.1) is 0 Å². The zero-order valence-electron chi connectivity index (χ0n) is 14.5. The molecule has 1 aliphatic rings. The van der Waals surface area contributed by atoms with E-state index in [9.17, 15) is 8.42 Å². The Balaban J connectivity index is 1.42. The highest BCUT2D eigenvalue weighted by Gasteiger charge is 2.30. The molecular formula is C18H25N3O3S. The lowest BCUT2D eigenvalue weighted by atomic mass is 10.1. The van der Waals surface area contributed by atoms with Gasteiger partial charge in [0.25, 0.3) is 0 Å². The molecule has 0 aliphatic carbocycles. The first-order chi connectivity index (χ1) is 12.0. The predicted octanol–water partition coefficient (Wildman–Crippen LogP) is 1.97. The van der Waals surface area contributed by atoms with Gasteiger partial charge in [0.15, 0.2) is 9.84 Å². The van der Waals surface area contributed by atoms with Crippen molar-refractivity contribution >= 4 is 9.84 Å². The number of benzene rings is 1. The largest absolute Gasteiger partial charge is 0.494 e. The van der Waals surface area contributed by atoms with E-state index in [0.29, 0.717) is 12.4 Å². The van der Waals surface area contributed by atoms with Crippen molar-refractivity contribution in [1.29, 1.82) is 0 Å². The van der Waals surface area contributed by atoms with Crippen LogP contribution in [-0.2, 0) is 22.9 Å². The summed E-state index contributed by atoms with van der Waals surface area (Å²) in [7, 11) is -0.844. The number of aryl methyl sites for hydroxylation is 1. The predicted molar refractivity (Wildman–Crippen MR) is 97.3 cm³/mol. The van der Waals surface area contributed by atoms with E-state index >= 15 is 0 Å². The summed E-state index contributed by atoms with van der Waals surface area (Å²) in [5.41, 5.74) is 1.16. The molecule has 0 saturated carbocycles. The molecule has 25 heavy (non-hydrogen) atoms. The summed E-state index contributed by atoms with van der Waals surface area (Å²) < 4.78 is 31.0. The number of hydrogen-bond acceptors (Lipinski definition) is 5. The third kappa shape index (κ3) is 5.31. The third-order valence-corrected chi connectivity index (χ3v) is 6.33. The average molecular weight is 363 g/mol. The van der Waals surface area contributed by atoms with Gasteiger partial charge in [-0.15, -0.1) is 0 Å². The number of hydrogen-bond donors (Lipinski definition) is 0. The van der Waals surface area contributed by atoms with Gasteiger partial charge in [0, 0.05) is 31.5 Å². The standard InChI is InChI=1S/C18H25N3O3S/c1-20(17-7-12-25(22,23)14-17)13-16-3-5-18(6-4-16)24-11-2-9-21-10-8-19-15-21/h3-6,8,10,15,17H,2,7,9,11-14H2,1H3. The minimum absolute atomic E-state index is 0.129. The zero-order valence-corrected chi connectivity index (χ0v) is 15.4. The van der Waals surface area contributed by atoms with Gasteiger partial charge in [-0.3, -0.25) is 4.90 Å². The summed E-state index contributed by atoms with van der Waals surface area (Å²) in [6, 6.07) is 8.18. The molecule has 1 fully saturated rings. The Kier molecular flexibility index (Phi) is 5.75. The molecule has 1 unspecified atom stereocenters. The molecule has 136 valence electrons. The van der Waals surface area contributed by atoms with Gasteiger partial charge in [-0.1, -0.05) is 12.1 Å². The van der Waals surface area contributed by atoms with Crippen LogP contribution in [0.2, 0.25) is 0 Å². The first-order valence-electron chi connectivity index (χ1n) is 8.60. The van der Waals surface area contributed by atoms with E-state index in [2.05, 4.69) is 9.88 Å². The Morgan fingerprint density at radius 3 is 2.76 bits per heavy atom. The molecule has 1 aromatic heterocycles. The molecule has 0 N–H and O–H groups in total. The third-order valence-electron chi connectivity index (χ3n) is 4.58. The molecule has 2 heterocycles. The van der Waals surface area contributed by atoms with E-state index in [0.717, 1.165) is 37.2 Å². The Morgan fingerprint density at radius 2 is 2.12 bits per heavy atom. The minimum atomic E-state index is -2.84.